The molecule has 0 amide bonds. The molecule has 0 aliphatic heterocycles. The molecule has 0 saturated carbocycles. The zero-order valence-corrected chi connectivity index (χ0v) is 11.0. The first-order valence-electron chi connectivity index (χ1n) is 5.85. The molecule has 1 nitrogen and oxygen atoms in total. The highest BCUT2D eigenvalue weighted by molar-refractivity contribution is 7.80. The zero-order valence-electron chi connectivity index (χ0n) is 10.1. The molecule has 0 saturated heterocycles. The Balaban J connectivity index is 2.37. The van der Waals surface area contributed by atoms with Gasteiger partial charge in [-0.2, -0.15) is 0 Å². The standard InChI is InChI=1S/C15H13F2NS/c16-12-5-1-10(2-6-12)14(9-15(18)19)11-3-7-13(17)8-4-11/h1-8,14H,9H2,(H2,18,19). The lowest BCUT2D eigenvalue weighted by Crippen LogP contribution is -2.14. The van der Waals surface area contributed by atoms with Gasteiger partial charge in [-0.05, 0) is 35.4 Å². The fourth-order valence-corrected chi connectivity index (χ4v) is 2.19. The molecule has 98 valence electrons. The van der Waals surface area contributed by atoms with Gasteiger partial charge in [-0.1, -0.05) is 36.5 Å². The third-order valence-corrected chi connectivity index (χ3v) is 3.12. The van der Waals surface area contributed by atoms with Crippen molar-refractivity contribution in [2.24, 2.45) is 5.73 Å². The number of thiocarbonyl (C=S) groups is 1. The van der Waals surface area contributed by atoms with E-state index in [-0.39, 0.29) is 17.6 Å². The lowest BCUT2D eigenvalue weighted by Gasteiger charge is -2.17. The van der Waals surface area contributed by atoms with E-state index in [0.29, 0.717) is 11.4 Å². The summed E-state index contributed by atoms with van der Waals surface area (Å²) in [4.78, 5) is 0.374. The normalized spacial score (nSPS) is 10.7. The Labute approximate surface area is 116 Å². The van der Waals surface area contributed by atoms with E-state index in [0.717, 1.165) is 11.1 Å². The van der Waals surface area contributed by atoms with Crippen molar-refractivity contribution in [1.29, 1.82) is 0 Å². The smallest absolute Gasteiger partial charge is 0.123 e. The van der Waals surface area contributed by atoms with Crippen LogP contribution in [-0.4, -0.2) is 4.99 Å². The number of hydrogen-bond donors (Lipinski definition) is 1. The van der Waals surface area contributed by atoms with Crippen molar-refractivity contribution in [2.75, 3.05) is 0 Å². The lowest BCUT2D eigenvalue weighted by molar-refractivity contribution is 0.625. The number of halogens is 2. The van der Waals surface area contributed by atoms with Gasteiger partial charge in [-0.25, -0.2) is 8.78 Å². The highest BCUT2D eigenvalue weighted by Crippen LogP contribution is 2.28. The van der Waals surface area contributed by atoms with Gasteiger partial charge in [0, 0.05) is 12.3 Å². The van der Waals surface area contributed by atoms with E-state index in [4.69, 9.17) is 18.0 Å². The van der Waals surface area contributed by atoms with Crippen LogP contribution in [0.4, 0.5) is 8.78 Å². The van der Waals surface area contributed by atoms with Crippen LogP contribution in [0.25, 0.3) is 0 Å². The lowest BCUT2D eigenvalue weighted by atomic mass is 9.88. The van der Waals surface area contributed by atoms with E-state index in [2.05, 4.69) is 0 Å². The maximum absolute atomic E-state index is 13.0. The summed E-state index contributed by atoms with van der Waals surface area (Å²) < 4.78 is 25.9. The Morgan fingerprint density at radius 2 is 1.26 bits per heavy atom. The van der Waals surface area contributed by atoms with Gasteiger partial charge in [0.2, 0.25) is 0 Å². The summed E-state index contributed by atoms with van der Waals surface area (Å²) in [5.74, 6) is -0.674. The minimum absolute atomic E-state index is 0.0845. The Bertz CT molecular complexity index is 518. The van der Waals surface area contributed by atoms with Gasteiger partial charge in [0.25, 0.3) is 0 Å². The summed E-state index contributed by atoms with van der Waals surface area (Å²) in [7, 11) is 0. The van der Waals surface area contributed by atoms with Crippen molar-refractivity contribution in [1.82, 2.24) is 0 Å². The molecule has 0 aliphatic carbocycles. The molecule has 19 heavy (non-hydrogen) atoms. The second-order valence-electron chi connectivity index (χ2n) is 4.33. The fraction of sp³-hybridized carbons (Fsp3) is 0.133. The first kappa shape index (κ1) is 13.6. The quantitative estimate of drug-likeness (QED) is 0.861. The van der Waals surface area contributed by atoms with E-state index in [1.165, 1.54) is 24.3 Å². The van der Waals surface area contributed by atoms with Crippen LogP contribution >= 0.6 is 12.2 Å². The minimum Gasteiger partial charge on any atom is -0.393 e. The Morgan fingerprint density at radius 3 is 1.58 bits per heavy atom. The van der Waals surface area contributed by atoms with E-state index in [1.807, 2.05) is 0 Å². The molecule has 2 rings (SSSR count). The summed E-state index contributed by atoms with van der Waals surface area (Å²) in [6.07, 6.45) is 0.465. The Hall–Kier alpha value is -1.81. The molecule has 4 heteroatoms. The second-order valence-corrected chi connectivity index (χ2v) is 4.85. The van der Waals surface area contributed by atoms with Gasteiger partial charge in [0.15, 0.2) is 0 Å². The predicted molar refractivity (Wildman–Crippen MR) is 76.0 cm³/mol. The molecule has 0 fully saturated rings. The molecule has 0 heterocycles. The van der Waals surface area contributed by atoms with Gasteiger partial charge >= 0.3 is 0 Å². The van der Waals surface area contributed by atoms with Gasteiger partial charge in [-0.15, -0.1) is 0 Å². The molecule has 0 atom stereocenters. The third-order valence-electron chi connectivity index (χ3n) is 2.95. The van der Waals surface area contributed by atoms with Crippen molar-refractivity contribution >= 4 is 17.2 Å². The van der Waals surface area contributed by atoms with E-state index < -0.39 is 0 Å². The van der Waals surface area contributed by atoms with Gasteiger partial charge < -0.3 is 5.73 Å². The highest BCUT2D eigenvalue weighted by atomic mass is 32.1. The first-order chi connectivity index (χ1) is 9.06. The molecule has 0 aromatic heterocycles. The number of hydrogen-bond acceptors (Lipinski definition) is 1. The van der Waals surface area contributed by atoms with Gasteiger partial charge in [-0.3, -0.25) is 0 Å². The van der Waals surface area contributed by atoms with Crippen LogP contribution < -0.4 is 5.73 Å². The molecule has 2 N–H and O–H groups in total. The third kappa shape index (κ3) is 3.58. The minimum atomic E-state index is -0.295. The van der Waals surface area contributed by atoms with E-state index in [1.54, 1.807) is 24.3 Å². The number of rotatable bonds is 4. The molecule has 0 aliphatic rings. The summed E-state index contributed by atoms with van der Waals surface area (Å²) in [6, 6.07) is 12.4. The maximum atomic E-state index is 13.0. The largest absolute Gasteiger partial charge is 0.393 e. The average molecular weight is 277 g/mol. The van der Waals surface area contributed by atoms with Crippen molar-refractivity contribution in [3.05, 3.63) is 71.3 Å². The second kappa shape index (κ2) is 5.89. The molecule has 0 bridgehead atoms. The SMILES string of the molecule is NC(=S)CC(c1ccc(F)cc1)c1ccc(F)cc1. The number of benzene rings is 2. The highest BCUT2D eigenvalue weighted by Gasteiger charge is 2.15. The summed E-state index contributed by atoms with van der Waals surface area (Å²) >= 11 is 4.95. The van der Waals surface area contributed by atoms with Crippen LogP contribution in [0.5, 0.6) is 0 Å². The van der Waals surface area contributed by atoms with Crippen molar-refractivity contribution in [2.45, 2.75) is 12.3 Å². The van der Waals surface area contributed by atoms with E-state index >= 15 is 0 Å². The van der Waals surface area contributed by atoms with Crippen LogP contribution in [0.15, 0.2) is 48.5 Å². The molecular weight excluding hydrogens is 264 g/mol. The molecule has 0 radical (unpaired) electrons. The van der Waals surface area contributed by atoms with E-state index in [9.17, 15) is 8.78 Å². The maximum Gasteiger partial charge on any atom is 0.123 e. The van der Waals surface area contributed by atoms with Crippen LogP contribution in [0, 0.1) is 11.6 Å². The molecule has 2 aromatic carbocycles. The van der Waals surface area contributed by atoms with Crippen LogP contribution in [-0.2, 0) is 0 Å². The van der Waals surface area contributed by atoms with Gasteiger partial charge in [0.1, 0.15) is 11.6 Å². The van der Waals surface area contributed by atoms with Crippen LogP contribution in [0.2, 0.25) is 0 Å². The van der Waals surface area contributed by atoms with Crippen molar-refractivity contribution in [3.8, 4) is 0 Å². The van der Waals surface area contributed by atoms with Crippen LogP contribution in [0.1, 0.15) is 23.5 Å². The number of nitrogens with two attached hydrogens (primary N) is 1. The monoisotopic (exact) mass is 277 g/mol. The van der Waals surface area contributed by atoms with Crippen molar-refractivity contribution < 1.29 is 8.78 Å². The molecule has 2 aromatic rings. The van der Waals surface area contributed by atoms with Crippen LogP contribution in [0.3, 0.4) is 0 Å². The topological polar surface area (TPSA) is 26.0 Å². The zero-order chi connectivity index (χ0) is 13.8. The molecule has 0 spiro atoms. The average Bonchev–Trinajstić information content (AvgIpc) is 2.38. The van der Waals surface area contributed by atoms with Crippen molar-refractivity contribution in [3.63, 3.8) is 0 Å². The molecule has 0 unspecified atom stereocenters. The molecular formula is C15H13F2NS. The fourth-order valence-electron chi connectivity index (χ4n) is 2.02. The first-order valence-corrected chi connectivity index (χ1v) is 6.26. The summed E-state index contributed by atoms with van der Waals surface area (Å²) in [5, 5.41) is 0. The summed E-state index contributed by atoms with van der Waals surface area (Å²) in [5.41, 5.74) is 7.42. The Morgan fingerprint density at radius 1 is 0.895 bits per heavy atom. The predicted octanol–water partition coefficient (Wildman–Crippen LogP) is 3.77. The Kier molecular flexibility index (Phi) is 4.22. The van der Waals surface area contributed by atoms with Gasteiger partial charge in [0.05, 0.1) is 4.99 Å². The summed E-state index contributed by atoms with van der Waals surface area (Å²) in [6.45, 7) is 0.